The second-order valence-corrected chi connectivity index (χ2v) is 5.63. The number of carbonyl (C=O) groups is 1. The van der Waals surface area contributed by atoms with Crippen LogP contribution in [0.2, 0.25) is 0 Å². The van der Waals surface area contributed by atoms with Crippen LogP contribution in [0.25, 0.3) is 0 Å². The molecule has 1 saturated heterocycles. The van der Waals surface area contributed by atoms with Gasteiger partial charge in [0.15, 0.2) is 5.96 Å². The first-order valence-corrected chi connectivity index (χ1v) is 8.49. The zero-order valence-electron chi connectivity index (χ0n) is 13.9. The summed E-state index contributed by atoms with van der Waals surface area (Å²) in [6.07, 6.45) is 6.07. The maximum absolute atomic E-state index is 12.2. The van der Waals surface area contributed by atoms with Gasteiger partial charge in [-0.15, -0.1) is 0 Å². The van der Waals surface area contributed by atoms with Crippen LogP contribution >= 0.6 is 0 Å². The number of amides is 1. The van der Waals surface area contributed by atoms with Crippen LogP contribution in [0.1, 0.15) is 31.9 Å². The first-order valence-electron chi connectivity index (χ1n) is 8.49. The van der Waals surface area contributed by atoms with E-state index in [1.54, 1.807) is 6.20 Å². The molecule has 2 rings (SSSR count). The normalized spacial score (nSPS) is 15.3. The van der Waals surface area contributed by atoms with E-state index in [4.69, 9.17) is 0 Å². The van der Waals surface area contributed by atoms with E-state index in [-0.39, 0.29) is 12.5 Å². The second-order valence-electron chi connectivity index (χ2n) is 5.63. The minimum absolute atomic E-state index is 0.117. The number of hydrogen-bond donors (Lipinski definition) is 2. The van der Waals surface area contributed by atoms with Gasteiger partial charge in [-0.05, 0) is 38.3 Å². The average Bonchev–Trinajstić information content (AvgIpc) is 2.61. The average molecular weight is 317 g/mol. The van der Waals surface area contributed by atoms with Crippen molar-refractivity contribution < 1.29 is 4.79 Å². The molecule has 126 valence electrons. The lowest BCUT2D eigenvalue weighted by atomic mass is 10.1. The number of carbonyl (C=O) groups excluding carboxylic acids is 1. The Kier molecular flexibility index (Phi) is 7.36. The number of pyridine rings is 1. The molecular weight excluding hydrogens is 290 g/mol. The van der Waals surface area contributed by atoms with Crippen molar-refractivity contribution in [2.75, 3.05) is 32.7 Å². The molecular formula is C17H27N5O. The van der Waals surface area contributed by atoms with Gasteiger partial charge in [0, 0.05) is 44.5 Å². The SMILES string of the molecule is CCNC(=NCC(=O)N1CCCCC1)NCCc1ccccn1. The van der Waals surface area contributed by atoms with Gasteiger partial charge in [0.1, 0.15) is 6.54 Å². The topological polar surface area (TPSA) is 69.6 Å². The number of rotatable bonds is 6. The minimum Gasteiger partial charge on any atom is -0.357 e. The number of nitrogens with one attached hydrogen (secondary N) is 2. The smallest absolute Gasteiger partial charge is 0.244 e. The van der Waals surface area contributed by atoms with E-state index >= 15 is 0 Å². The lowest BCUT2D eigenvalue weighted by Gasteiger charge is -2.26. The largest absolute Gasteiger partial charge is 0.357 e. The van der Waals surface area contributed by atoms with Crippen molar-refractivity contribution in [3.05, 3.63) is 30.1 Å². The molecule has 1 aliphatic heterocycles. The van der Waals surface area contributed by atoms with Crippen LogP contribution in [0.4, 0.5) is 0 Å². The molecule has 2 N–H and O–H groups in total. The summed E-state index contributed by atoms with van der Waals surface area (Å²) in [5, 5.41) is 6.43. The van der Waals surface area contributed by atoms with Crippen molar-refractivity contribution in [1.82, 2.24) is 20.5 Å². The third kappa shape index (κ3) is 6.26. The van der Waals surface area contributed by atoms with E-state index < -0.39 is 0 Å². The summed E-state index contributed by atoms with van der Waals surface area (Å²) in [5.74, 6) is 0.806. The van der Waals surface area contributed by atoms with Gasteiger partial charge in [0.2, 0.25) is 5.91 Å². The monoisotopic (exact) mass is 317 g/mol. The summed E-state index contributed by atoms with van der Waals surface area (Å²) in [4.78, 5) is 22.8. The fourth-order valence-electron chi connectivity index (χ4n) is 2.59. The standard InChI is InChI=1S/C17H27N5O/c1-2-18-17(20-11-9-15-8-4-5-10-19-15)21-14-16(23)22-12-6-3-7-13-22/h4-5,8,10H,2-3,6-7,9,11-14H2,1H3,(H2,18,20,21). The summed E-state index contributed by atoms with van der Waals surface area (Å²) < 4.78 is 0. The van der Waals surface area contributed by atoms with Crippen LogP contribution in [0.15, 0.2) is 29.4 Å². The van der Waals surface area contributed by atoms with Crippen LogP contribution in [-0.4, -0.2) is 54.5 Å². The lowest BCUT2D eigenvalue weighted by molar-refractivity contribution is -0.130. The molecule has 1 aromatic heterocycles. The summed E-state index contributed by atoms with van der Waals surface area (Å²) in [6, 6.07) is 5.90. The van der Waals surface area contributed by atoms with Crippen LogP contribution in [0, 0.1) is 0 Å². The van der Waals surface area contributed by atoms with Crippen molar-refractivity contribution in [2.24, 2.45) is 4.99 Å². The van der Waals surface area contributed by atoms with Crippen molar-refractivity contribution >= 4 is 11.9 Å². The van der Waals surface area contributed by atoms with E-state index in [1.165, 1.54) is 6.42 Å². The lowest BCUT2D eigenvalue weighted by Crippen LogP contribution is -2.41. The van der Waals surface area contributed by atoms with Crippen LogP contribution in [0.3, 0.4) is 0 Å². The highest BCUT2D eigenvalue weighted by Crippen LogP contribution is 2.08. The maximum Gasteiger partial charge on any atom is 0.244 e. The van der Waals surface area contributed by atoms with Gasteiger partial charge < -0.3 is 15.5 Å². The molecule has 2 heterocycles. The van der Waals surface area contributed by atoms with Crippen LogP contribution in [-0.2, 0) is 11.2 Å². The van der Waals surface area contributed by atoms with Crippen molar-refractivity contribution in [1.29, 1.82) is 0 Å². The molecule has 6 heteroatoms. The Hall–Kier alpha value is -2.11. The minimum atomic E-state index is 0.117. The van der Waals surface area contributed by atoms with E-state index in [2.05, 4.69) is 20.6 Å². The highest BCUT2D eigenvalue weighted by Gasteiger charge is 2.15. The molecule has 1 aliphatic rings. The number of guanidine groups is 1. The zero-order valence-corrected chi connectivity index (χ0v) is 13.9. The first-order chi connectivity index (χ1) is 11.3. The highest BCUT2D eigenvalue weighted by atomic mass is 16.2. The molecule has 0 saturated carbocycles. The Morgan fingerprint density at radius 2 is 2.09 bits per heavy atom. The van der Waals surface area contributed by atoms with Gasteiger partial charge in [0.25, 0.3) is 0 Å². The third-order valence-corrected chi connectivity index (χ3v) is 3.83. The highest BCUT2D eigenvalue weighted by molar-refractivity contribution is 5.85. The van der Waals surface area contributed by atoms with Crippen molar-refractivity contribution in [2.45, 2.75) is 32.6 Å². The molecule has 0 spiro atoms. The third-order valence-electron chi connectivity index (χ3n) is 3.83. The van der Waals surface area contributed by atoms with Gasteiger partial charge >= 0.3 is 0 Å². The van der Waals surface area contributed by atoms with Gasteiger partial charge in [0.05, 0.1) is 0 Å². The Balaban J connectivity index is 1.78. The van der Waals surface area contributed by atoms with E-state index in [9.17, 15) is 4.79 Å². The maximum atomic E-state index is 12.2. The Labute approximate surface area is 138 Å². The molecule has 1 aromatic rings. The van der Waals surface area contributed by atoms with Crippen LogP contribution in [0.5, 0.6) is 0 Å². The van der Waals surface area contributed by atoms with Gasteiger partial charge in [-0.25, -0.2) is 4.99 Å². The molecule has 0 aromatic carbocycles. The molecule has 6 nitrogen and oxygen atoms in total. The predicted octanol–water partition coefficient (Wildman–Crippen LogP) is 1.19. The predicted molar refractivity (Wildman–Crippen MR) is 92.4 cm³/mol. The number of aliphatic imine (C=N–C) groups is 1. The summed E-state index contributed by atoms with van der Waals surface area (Å²) in [7, 11) is 0. The fraction of sp³-hybridized carbons (Fsp3) is 0.588. The number of likely N-dealkylation sites (tertiary alicyclic amines) is 1. The van der Waals surface area contributed by atoms with E-state index in [0.717, 1.165) is 51.1 Å². The van der Waals surface area contributed by atoms with Crippen LogP contribution < -0.4 is 10.6 Å². The molecule has 0 radical (unpaired) electrons. The van der Waals surface area contributed by atoms with Crippen molar-refractivity contribution in [3.8, 4) is 0 Å². The summed E-state index contributed by atoms with van der Waals surface area (Å²) >= 11 is 0. The Bertz CT molecular complexity index is 497. The van der Waals surface area contributed by atoms with E-state index in [0.29, 0.717) is 5.96 Å². The van der Waals surface area contributed by atoms with Gasteiger partial charge in [-0.1, -0.05) is 6.07 Å². The summed E-state index contributed by atoms with van der Waals surface area (Å²) in [5.41, 5.74) is 1.04. The number of nitrogens with zero attached hydrogens (tertiary/aromatic N) is 3. The molecule has 23 heavy (non-hydrogen) atoms. The number of hydrogen-bond acceptors (Lipinski definition) is 3. The Morgan fingerprint density at radius 1 is 1.26 bits per heavy atom. The Morgan fingerprint density at radius 3 is 2.78 bits per heavy atom. The number of piperidine rings is 1. The zero-order chi connectivity index (χ0) is 16.3. The molecule has 0 aliphatic carbocycles. The molecule has 1 fully saturated rings. The molecule has 0 atom stereocenters. The van der Waals surface area contributed by atoms with Gasteiger partial charge in [-0.2, -0.15) is 0 Å². The fourth-order valence-corrected chi connectivity index (χ4v) is 2.59. The van der Waals surface area contributed by atoms with Crippen molar-refractivity contribution in [3.63, 3.8) is 0 Å². The second kappa shape index (κ2) is 9.82. The quantitative estimate of drug-likeness (QED) is 0.611. The molecule has 0 bridgehead atoms. The van der Waals surface area contributed by atoms with E-state index in [1.807, 2.05) is 30.0 Å². The first kappa shape index (κ1) is 17.2. The molecule has 0 unspecified atom stereocenters. The number of aromatic nitrogens is 1. The van der Waals surface area contributed by atoms with Gasteiger partial charge in [-0.3, -0.25) is 9.78 Å². The summed E-state index contributed by atoms with van der Waals surface area (Å²) in [6.45, 7) is 5.48. The molecule has 1 amide bonds.